The monoisotopic (exact) mass is 614 g/mol. The standard InChI is InChI=1S/C32H30N4O7S/c1-36(2)21-13-20(35-31(44)34-19-9-5-7-14-6-3-4-8-17(14)19)26(38)24-18(21)11-15-10-16-12-22(37)25(30(33)42)29(41)32(16,43)28(40)23(15)27(24)39/h3-9,13,15-16,38-39,41,43H,10-12H2,1-2H3,(H2,33,42)(H2,34,35,44)/t15-,16+,32+/m1/s1. The van der Waals surface area contributed by atoms with Crippen LogP contribution in [0.4, 0.5) is 17.1 Å². The van der Waals surface area contributed by atoms with E-state index < -0.39 is 52.0 Å². The van der Waals surface area contributed by atoms with E-state index in [1.807, 2.05) is 42.5 Å². The van der Waals surface area contributed by atoms with Crippen molar-refractivity contribution < 1.29 is 34.8 Å². The summed E-state index contributed by atoms with van der Waals surface area (Å²) in [6, 6.07) is 15.2. The first kappa shape index (κ1) is 29.1. The number of nitrogens with one attached hydrogen (secondary N) is 2. The first-order chi connectivity index (χ1) is 20.8. The summed E-state index contributed by atoms with van der Waals surface area (Å²) >= 11 is 5.57. The molecular formula is C32H30N4O7S. The van der Waals surface area contributed by atoms with Gasteiger partial charge in [0.25, 0.3) is 5.91 Å². The second-order valence-corrected chi connectivity index (χ2v) is 12.0. The van der Waals surface area contributed by atoms with Crippen LogP contribution in [0.1, 0.15) is 24.0 Å². The fourth-order valence-electron chi connectivity index (χ4n) is 6.77. The number of hydrogen-bond acceptors (Lipinski definition) is 9. The van der Waals surface area contributed by atoms with Crippen molar-refractivity contribution in [3.63, 3.8) is 0 Å². The molecule has 0 aromatic heterocycles. The molecule has 0 unspecified atom stereocenters. The summed E-state index contributed by atoms with van der Waals surface area (Å²) in [7, 11) is 3.58. The Kier molecular flexibility index (Phi) is 6.86. The summed E-state index contributed by atoms with van der Waals surface area (Å²) in [5.41, 5.74) is 3.64. The minimum atomic E-state index is -2.63. The lowest BCUT2D eigenvalue weighted by Gasteiger charge is -2.46. The number of Topliss-reactive ketones (excluding diaryl/α,β-unsaturated/α-hetero) is 2. The number of aromatic hydroxyl groups is 1. The zero-order valence-electron chi connectivity index (χ0n) is 23.8. The highest BCUT2D eigenvalue weighted by molar-refractivity contribution is 7.80. The second-order valence-electron chi connectivity index (χ2n) is 11.6. The maximum absolute atomic E-state index is 13.9. The number of carbonyl (C=O) groups is 3. The van der Waals surface area contributed by atoms with Crippen molar-refractivity contribution in [2.45, 2.75) is 24.9 Å². The zero-order valence-corrected chi connectivity index (χ0v) is 24.7. The number of ketones is 2. The van der Waals surface area contributed by atoms with Gasteiger partial charge in [0.15, 0.2) is 16.5 Å². The molecular weight excluding hydrogens is 584 g/mol. The van der Waals surface area contributed by atoms with Gasteiger partial charge in [-0.15, -0.1) is 0 Å². The number of fused-ring (bicyclic) bond motifs is 4. The highest BCUT2D eigenvalue weighted by Crippen LogP contribution is 2.54. The van der Waals surface area contributed by atoms with Crippen LogP contribution >= 0.6 is 12.2 Å². The van der Waals surface area contributed by atoms with Crippen LogP contribution in [0.5, 0.6) is 5.75 Å². The quantitative estimate of drug-likeness (QED) is 0.130. The van der Waals surface area contributed by atoms with Crippen LogP contribution in [-0.4, -0.2) is 62.7 Å². The summed E-state index contributed by atoms with van der Waals surface area (Å²) in [6.07, 6.45) is -0.137. The number of rotatable bonds is 4. The highest BCUT2D eigenvalue weighted by atomic mass is 32.1. The number of thiocarbonyl (C=S) groups is 1. The summed E-state index contributed by atoms with van der Waals surface area (Å²) in [4.78, 5) is 40.2. The van der Waals surface area contributed by atoms with Crippen molar-refractivity contribution >= 4 is 68.4 Å². The summed E-state index contributed by atoms with van der Waals surface area (Å²) in [5, 5.41) is 53.6. The molecule has 11 nitrogen and oxygen atoms in total. The van der Waals surface area contributed by atoms with Gasteiger partial charge < -0.3 is 41.7 Å². The number of benzene rings is 3. The number of aliphatic hydroxyl groups excluding tert-OH is 2. The number of hydrogen-bond donors (Lipinski definition) is 7. The number of primary amides is 1. The molecule has 0 spiro atoms. The molecule has 3 atom stereocenters. The van der Waals surface area contributed by atoms with E-state index in [0.29, 0.717) is 11.3 Å². The molecule has 0 heterocycles. The fourth-order valence-corrected chi connectivity index (χ4v) is 6.99. The van der Waals surface area contributed by atoms with Gasteiger partial charge in [-0.25, -0.2) is 0 Å². The largest absolute Gasteiger partial charge is 0.508 e. The first-order valence-corrected chi connectivity index (χ1v) is 14.3. The van der Waals surface area contributed by atoms with Crippen LogP contribution in [0.15, 0.2) is 65.4 Å². The van der Waals surface area contributed by atoms with Gasteiger partial charge in [-0.05, 0) is 54.1 Å². The van der Waals surface area contributed by atoms with E-state index in [1.165, 1.54) is 0 Å². The van der Waals surface area contributed by atoms with Gasteiger partial charge in [0.05, 0.1) is 11.3 Å². The van der Waals surface area contributed by atoms with E-state index in [2.05, 4.69) is 10.6 Å². The number of phenols is 1. The number of phenolic OH excluding ortho intramolecular Hbond substituents is 1. The van der Waals surface area contributed by atoms with E-state index >= 15 is 0 Å². The molecule has 0 bridgehead atoms. The lowest BCUT2D eigenvalue weighted by molar-refractivity contribution is -0.147. The maximum Gasteiger partial charge on any atom is 0.255 e. The zero-order chi connectivity index (χ0) is 31.7. The summed E-state index contributed by atoms with van der Waals surface area (Å²) in [5.74, 6) is -6.82. The predicted molar refractivity (Wildman–Crippen MR) is 170 cm³/mol. The minimum Gasteiger partial charge on any atom is -0.508 e. The van der Waals surface area contributed by atoms with Gasteiger partial charge in [-0.1, -0.05) is 36.4 Å². The molecule has 3 aromatic rings. The Bertz CT molecular complexity index is 1880. The molecule has 3 aromatic carbocycles. The summed E-state index contributed by atoms with van der Waals surface area (Å²) in [6.45, 7) is 0. The molecule has 0 radical (unpaired) electrons. The lowest BCUT2D eigenvalue weighted by Crippen LogP contribution is -2.58. The molecule has 6 rings (SSSR count). The van der Waals surface area contributed by atoms with E-state index in [1.54, 1.807) is 25.1 Å². The number of nitrogens with zero attached hydrogens (tertiary/aromatic N) is 1. The van der Waals surface area contributed by atoms with E-state index in [-0.39, 0.29) is 46.9 Å². The summed E-state index contributed by atoms with van der Waals surface area (Å²) < 4.78 is 0. The molecule has 8 N–H and O–H groups in total. The Hall–Kier alpha value is -4.94. The molecule has 0 aliphatic heterocycles. The molecule has 1 saturated carbocycles. The predicted octanol–water partition coefficient (Wildman–Crippen LogP) is 3.45. The third kappa shape index (κ3) is 4.28. The average Bonchev–Trinajstić information content (AvgIpc) is 2.96. The third-order valence-corrected chi connectivity index (χ3v) is 9.01. The van der Waals surface area contributed by atoms with Gasteiger partial charge in [-0.3, -0.25) is 14.4 Å². The normalized spacial score (nSPS) is 22.7. The molecule has 226 valence electrons. The van der Waals surface area contributed by atoms with Crippen molar-refractivity contribution in [1.82, 2.24) is 0 Å². The van der Waals surface area contributed by atoms with Crippen molar-refractivity contribution in [2.24, 2.45) is 17.6 Å². The van der Waals surface area contributed by atoms with Crippen molar-refractivity contribution in [3.8, 4) is 5.75 Å². The van der Waals surface area contributed by atoms with Crippen molar-refractivity contribution in [2.75, 3.05) is 29.6 Å². The van der Waals surface area contributed by atoms with Crippen LogP contribution in [-0.2, 0) is 20.8 Å². The molecule has 1 amide bonds. The van der Waals surface area contributed by atoms with Crippen LogP contribution < -0.4 is 21.3 Å². The van der Waals surface area contributed by atoms with Gasteiger partial charge in [-0.2, -0.15) is 0 Å². The van der Waals surface area contributed by atoms with Crippen LogP contribution in [0, 0.1) is 11.8 Å². The number of anilines is 3. The van der Waals surface area contributed by atoms with Gasteiger partial charge >= 0.3 is 0 Å². The smallest absolute Gasteiger partial charge is 0.255 e. The SMILES string of the molecule is CN(C)c1cc(NC(=S)Nc2cccc3ccccc23)c(O)c2c1C[C@H]1C[C@H]3CC(=O)C(C(N)=O)=C(O)[C@@]3(O)C(=O)C1=C2O. The molecule has 44 heavy (non-hydrogen) atoms. The van der Waals surface area contributed by atoms with E-state index in [0.717, 1.165) is 16.5 Å². The Morgan fingerprint density at radius 2 is 1.70 bits per heavy atom. The van der Waals surface area contributed by atoms with Gasteiger partial charge in [0.2, 0.25) is 5.78 Å². The van der Waals surface area contributed by atoms with Crippen molar-refractivity contribution in [3.05, 3.63) is 76.6 Å². The lowest BCUT2D eigenvalue weighted by atomic mass is 9.59. The Morgan fingerprint density at radius 3 is 2.41 bits per heavy atom. The molecule has 1 fully saturated rings. The first-order valence-electron chi connectivity index (χ1n) is 13.9. The molecule has 12 heteroatoms. The van der Waals surface area contributed by atoms with Crippen LogP contribution in [0.2, 0.25) is 0 Å². The average molecular weight is 615 g/mol. The Labute approximate surface area is 257 Å². The number of amides is 1. The number of aliphatic hydroxyl groups is 3. The molecule has 0 saturated heterocycles. The molecule has 3 aliphatic rings. The van der Waals surface area contributed by atoms with E-state index in [9.17, 15) is 34.8 Å². The Morgan fingerprint density at radius 1 is 1.02 bits per heavy atom. The maximum atomic E-state index is 13.9. The minimum absolute atomic E-state index is 0.0289. The molecule has 3 aliphatic carbocycles. The van der Waals surface area contributed by atoms with Crippen molar-refractivity contribution in [1.29, 1.82) is 0 Å². The third-order valence-electron chi connectivity index (χ3n) is 8.81. The van der Waals surface area contributed by atoms with Crippen LogP contribution in [0.3, 0.4) is 0 Å². The van der Waals surface area contributed by atoms with Gasteiger partial charge in [0.1, 0.15) is 22.8 Å². The number of nitrogens with two attached hydrogens (primary N) is 1. The van der Waals surface area contributed by atoms with Gasteiger partial charge in [0, 0.05) is 48.8 Å². The fraction of sp³-hybridized carbons (Fsp3) is 0.250. The number of carbonyl (C=O) groups excluding carboxylic acids is 3. The topological polar surface area (TPSA) is 185 Å². The highest BCUT2D eigenvalue weighted by Gasteiger charge is 2.60. The second kappa shape index (κ2) is 10.4. The van der Waals surface area contributed by atoms with Crippen LogP contribution in [0.25, 0.3) is 16.5 Å². The Balaban J connectivity index is 1.42. The van der Waals surface area contributed by atoms with E-state index in [4.69, 9.17) is 18.0 Å².